The molecule has 0 fully saturated rings. The molecule has 0 saturated carbocycles. The molecule has 0 aliphatic carbocycles. The third-order valence-corrected chi connectivity index (χ3v) is 3.40. The molecule has 21 heavy (non-hydrogen) atoms. The minimum absolute atomic E-state index is 0.254. The fourth-order valence-corrected chi connectivity index (χ4v) is 2.57. The Labute approximate surface area is 119 Å². The predicted octanol–water partition coefficient (Wildman–Crippen LogP) is 3.63. The fourth-order valence-electron chi connectivity index (χ4n) is 2.57. The molecule has 0 spiro atoms. The molecular weight excluding hydrogens is 280 g/mol. The Hall–Kier alpha value is -2.50. The zero-order valence-corrected chi connectivity index (χ0v) is 11.7. The Morgan fingerprint density at radius 3 is 2.10 bits per heavy atom. The molecule has 0 aliphatic heterocycles. The van der Waals surface area contributed by atoms with Crippen LogP contribution in [0.5, 0.6) is 17.2 Å². The largest absolute Gasteiger partial charge is 0.493 e. The summed E-state index contributed by atoms with van der Waals surface area (Å²) in [6, 6.07) is 3.73. The van der Waals surface area contributed by atoms with Crippen molar-refractivity contribution in [2.45, 2.75) is 0 Å². The number of aromatic amines is 1. The summed E-state index contributed by atoms with van der Waals surface area (Å²) < 4.78 is 43.4. The molecule has 0 atom stereocenters. The first-order valence-electron chi connectivity index (χ1n) is 6.20. The van der Waals surface area contributed by atoms with Crippen LogP contribution in [-0.2, 0) is 0 Å². The van der Waals surface area contributed by atoms with Gasteiger partial charge in [0.25, 0.3) is 0 Å². The number of benzene rings is 2. The van der Waals surface area contributed by atoms with Crippen LogP contribution < -0.4 is 14.2 Å². The molecule has 1 aromatic heterocycles. The molecule has 1 heterocycles. The molecule has 0 radical (unpaired) electrons. The average Bonchev–Trinajstić information content (AvgIpc) is 2.82. The number of halogens is 2. The summed E-state index contributed by atoms with van der Waals surface area (Å²) in [6.07, 6.45) is 0. The predicted molar refractivity (Wildman–Crippen MR) is 75.4 cm³/mol. The lowest BCUT2D eigenvalue weighted by Gasteiger charge is -2.13. The number of H-pyrrole nitrogens is 1. The van der Waals surface area contributed by atoms with Gasteiger partial charge in [-0.15, -0.1) is 0 Å². The van der Waals surface area contributed by atoms with Gasteiger partial charge in [0, 0.05) is 17.5 Å². The molecule has 2 aromatic carbocycles. The molecule has 110 valence electrons. The van der Waals surface area contributed by atoms with Gasteiger partial charge in [0.1, 0.15) is 11.6 Å². The highest BCUT2D eigenvalue weighted by atomic mass is 19.1. The van der Waals surface area contributed by atoms with Crippen LogP contribution in [0.3, 0.4) is 0 Å². The van der Waals surface area contributed by atoms with Gasteiger partial charge < -0.3 is 19.2 Å². The van der Waals surface area contributed by atoms with Crippen LogP contribution in [0.15, 0.2) is 18.2 Å². The monoisotopic (exact) mass is 293 g/mol. The highest BCUT2D eigenvalue weighted by Gasteiger charge is 2.21. The first-order valence-corrected chi connectivity index (χ1v) is 6.20. The van der Waals surface area contributed by atoms with E-state index in [2.05, 4.69) is 4.98 Å². The van der Waals surface area contributed by atoms with Crippen molar-refractivity contribution >= 4 is 21.8 Å². The van der Waals surface area contributed by atoms with Crippen LogP contribution in [0.1, 0.15) is 0 Å². The standard InChI is InChI=1S/C15H13F2NO3/c1-19-11-6-10-13(15(21-3)14(11)20-2)12-8(17)4-7(16)5-9(12)18-10/h4-6,18H,1-3H3. The van der Waals surface area contributed by atoms with Crippen molar-refractivity contribution in [3.8, 4) is 17.2 Å². The quantitative estimate of drug-likeness (QED) is 0.802. The number of aromatic nitrogens is 1. The summed E-state index contributed by atoms with van der Waals surface area (Å²) in [7, 11) is 4.42. The summed E-state index contributed by atoms with van der Waals surface area (Å²) in [4.78, 5) is 2.96. The number of hydrogen-bond acceptors (Lipinski definition) is 3. The van der Waals surface area contributed by atoms with Gasteiger partial charge in [0.2, 0.25) is 5.75 Å². The van der Waals surface area contributed by atoms with Crippen molar-refractivity contribution in [3.05, 3.63) is 29.8 Å². The summed E-state index contributed by atoms with van der Waals surface area (Å²) in [5.74, 6) is -0.179. The number of fused-ring (bicyclic) bond motifs is 3. The van der Waals surface area contributed by atoms with E-state index < -0.39 is 11.6 Å². The van der Waals surface area contributed by atoms with Crippen molar-refractivity contribution in [1.82, 2.24) is 4.98 Å². The number of ether oxygens (including phenoxy) is 3. The Morgan fingerprint density at radius 2 is 1.48 bits per heavy atom. The van der Waals surface area contributed by atoms with Gasteiger partial charge in [0.15, 0.2) is 11.5 Å². The van der Waals surface area contributed by atoms with Crippen LogP contribution in [0.25, 0.3) is 21.8 Å². The highest BCUT2D eigenvalue weighted by Crippen LogP contribution is 2.46. The Kier molecular flexibility index (Phi) is 3.08. The second-order valence-electron chi connectivity index (χ2n) is 4.50. The van der Waals surface area contributed by atoms with Crippen molar-refractivity contribution < 1.29 is 23.0 Å². The van der Waals surface area contributed by atoms with E-state index in [0.29, 0.717) is 33.7 Å². The van der Waals surface area contributed by atoms with Crippen LogP contribution in [0, 0.1) is 11.6 Å². The van der Waals surface area contributed by atoms with Gasteiger partial charge >= 0.3 is 0 Å². The fraction of sp³-hybridized carbons (Fsp3) is 0.200. The van der Waals surface area contributed by atoms with Gasteiger partial charge in [-0.25, -0.2) is 8.78 Å². The second-order valence-corrected chi connectivity index (χ2v) is 4.50. The van der Waals surface area contributed by atoms with Gasteiger partial charge in [-0.05, 0) is 6.07 Å². The van der Waals surface area contributed by atoms with Gasteiger partial charge in [0.05, 0.1) is 37.7 Å². The maximum atomic E-state index is 14.2. The molecule has 0 unspecified atom stereocenters. The van der Waals surface area contributed by atoms with Crippen LogP contribution in [0.2, 0.25) is 0 Å². The maximum absolute atomic E-state index is 14.2. The van der Waals surface area contributed by atoms with Crippen LogP contribution >= 0.6 is 0 Å². The number of methoxy groups -OCH3 is 3. The zero-order chi connectivity index (χ0) is 15.1. The molecule has 0 amide bonds. The summed E-state index contributed by atoms with van der Waals surface area (Å²) in [5.41, 5.74) is 0.917. The lowest BCUT2D eigenvalue weighted by molar-refractivity contribution is 0.327. The van der Waals surface area contributed by atoms with Crippen LogP contribution in [0.4, 0.5) is 8.78 Å². The average molecular weight is 293 g/mol. The van der Waals surface area contributed by atoms with Crippen molar-refractivity contribution in [3.63, 3.8) is 0 Å². The minimum atomic E-state index is -0.665. The first kappa shape index (κ1) is 13.5. The Balaban J connectivity index is 2.54. The molecule has 0 saturated heterocycles. The van der Waals surface area contributed by atoms with E-state index >= 15 is 0 Å². The van der Waals surface area contributed by atoms with E-state index in [9.17, 15) is 8.78 Å². The Bertz CT molecular complexity index is 842. The van der Waals surface area contributed by atoms with E-state index in [1.807, 2.05) is 0 Å². The van der Waals surface area contributed by atoms with Crippen molar-refractivity contribution in [2.75, 3.05) is 21.3 Å². The van der Waals surface area contributed by atoms with Gasteiger partial charge in [-0.1, -0.05) is 0 Å². The van der Waals surface area contributed by atoms with Crippen LogP contribution in [-0.4, -0.2) is 26.3 Å². The molecule has 4 nitrogen and oxygen atoms in total. The molecule has 3 aromatic rings. The lowest BCUT2D eigenvalue weighted by Crippen LogP contribution is -1.95. The first-order chi connectivity index (χ1) is 10.1. The number of nitrogens with one attached hydrogen (secondary N) is 1. The van der Waals surface area contributed by atoms with Gasteiger partial charge in [-0.2, -0.15) is 0 Å². The smallest absolute Gasteiger partial charge is 0.204 e. The van der Waals surface area contributed by atoms with Crippen molar-refractivity contribution in [2.24, 2.45) is 0 Å². The van der Waals surface area contributed by atoms with E-state index in [-0.39, 0.29) is 5.39 Å². The SMILES string of the molecule is COc1cc2[nH]c3cc(F)cc(F)c3c2c(OC)c1OC. The van der Waals surface area contributed by atoms with Crippen molar-refractivity contribution in [1.29, 1.82) is 0 Å². The van der Waals surface area contributed by atoms with E-state index in [0.717, 1.165) is 6.07 Å². The third-order valence-electron chi connectivity index (χ3n) is 3.40. The summed E-state index contributed by atoms with van der Waals surface area (Å²) in [5, 5.41) is 0.742. The molecule has 0 bridgehead atoms. The molecule has 3 rings (SSSR count). The number of rotatable bonds is 3. The summed E-state index contributed by atoms with van der Waals surface area (Å²) in [6.45, 7) is 0. The summed E-state index contributed by atoms with van der Waals surface area (Å²) >= 11 is 0. The molecule has 6 heteroatoms. The molecule has 0 aliphatic rings. The lowest BCUT2D eigenvalue weighted by atomic mass is 10.1. The van der Waals surface area contributed by atoms with E-state index in [4.69, 9.17) is 14.2 Å². The topological polar surface area (TPSA) is 43.5 Å². The van der Waals surface area contributed by atoms with Gasteiger partial charge in [-0.3, -0.25) is 0 Å². The Morgan fingerprint density at radius 1 is 0.810 bits per heavy atom. The highest BCUT2D eigenvalue weighted by molar-refractivity contribution is 6.12. The normalized spacial score (nSPS) is 11.1. The van der Waals surface area contributed by atoms with E-state index in [1.54, 1.807) is 6.07 Å². The minimum Gasteiger partial charge on any atom is -0.493 e. The second kappa shape index (κ2) is 4.80. The number of hydrogen-bond donors (Lipinski definition) is 1. The molecule has 1 N–H and O–H groups in total. The molecular formula is C15H13F2NO3. The third kappa shape index (κ3) is 1.86. The van der Waals surface area contributed by atoms with E-state index in [1.165, 1.54) is 27.4 Å². The maximum Gasteiger partial charge on any atom is 0.204 e. The zero-order valence-electron chi connectivity index (χ0n) is 11.7.